The van der Waals surface area contributed by atoms with Gasteiger partial charge in [-0.15, -0.1) is 11.8 Å². The highest BCUT2D eigenvalue weighted by molar-refractivity contribution is 8.00. The van der Waals surface area contributed by atoms with Crippen LogP contribution in [0.1, 0.15) is 18.4 Å². The van der Waals surface area contributed by atoms with Crippen molar-refractivity contribution in [3.05, 3.63) is 35.9 Å². The molecule has 1 saturated carbocycles. The van der Waals surface area contributed by atoms with Crippen LogP contribution in [0.25, 0.3) is 0 Å². The first kappa shape index (κ1) is 13.5. The number of rotatable bonds is 5. The molecule has 0 unspecified atom stereocenters. The minimum atomic E-state index is 0.0761. The zero-order chi connectivity index (χ0) is 13.9. The Bertz CT molecular complexity index is 502. The van der Waals surface area contributed by atoms with E-state index in [-0.39, 0.29) is 18.4 Å². The number of carbonyl (C=O) groups excluding carboxylic acids is 2. The van der Waals surface area contributed by atoms with Crippen LogP contribution in [-0.2, 0) is 16.1 Å². The van der Waals surface area contributed by atoms with E-state index < -0.39 is 0 Å². The smallest absolute Gasteiger partial charge is 0.242 e. The van der Waals surface area contributed by atoms with Crippen LogP contribution in [0.2, 0.25) is 0 Å². The topological polar surface area (TPSA) is 40.6 Å². The van der Waals surface area contributed by atoms with E-state index in [1.807, 2.05) is 35.2 Å². The second-order valence-corrected chi connectivity index (χ2v) is 6.26. The van der Waals surface area contributed by atoms with Gasteiger partial charge in [0.05, 0.1) is 11.6 Å². The fourth-order valence-electron chi connectivity index (χ4n) is 2.38. The third-order valence-corrected chi connectivity index (χ3v) is 4.60. The largest absolute Gasteiger partial charge is 0.334 e. The molecule has 0 atom stereocenters. The fraction of sp³-hybridized carbons (Fsp3) is 0.467. The number of nitrogens with zero attached hydrogens (tertiary/aromatic N) is 2. The van der Waals surface area contributed by atoms with E-state index in [1.165, 1.54) is 0 Å². The highest BCUT2D eigenvalue weighted by Crippen LogP contribution is 2.29. The van der Waals surface area contributed by atoms with Gasteiger partial charge in [0.25, 0.3) is 0 Å². The average molecular weight is 290 g/mol. The summed E-state index contributed by atoms with van der Waals surface area (Å²) in [7, 11) is 0. The van der Waals surface area contributed by atoms with E-state index in [9.17, 15) is 9.59 Å². The van der Waals surface area contributed by atoms with Gasteiger partial charge in [0, 0.05) is 12.6 Å². The van der Waals surface area contributed by atoms with Gasteiger partial charge < -0.3 is 9.80 Å². The lowest BCUT2D eigenvalue weighted by Crippen LogP contribution is -2.41. The molecular weight excluding hydrogens is 272 g/mol. The molecule has 20 heavy (non-hydrogen) atoms. The summed E-state index contributed by atoms with van der Waals surface area (Å²) in [6.45, 7) is 0.884. The maximum atomic E-state index is 12.5. The van der Waals surface area contributed by atoms with Gasteiger partial charge in [0.2, 0.25) is 11.8 Å². The van der Waals surface area contributed by atoms with E-state index in [1.54, 1.807) is 16.7 Å². The highest BCUT2D eigenvalue weighted by atomic mass is 32.2. The number of hydrogen-bond donors (Lipinski definition) is 0. The van der Waals surface area contributed by atoms with Crippen molar-refractivity contribution in [2.24, 2.45) is 0 Å². The number of amides is 2. The maximum absolute atomic E-state index is 12.5. The van der Waals surface area contributed by atoms with Crippen LogP contribution in [0, 0.1) is 0 Å². The van der Waals surface area contributed by atoms with Crippen molar-refractivity contribution < 1.29 is 9.59 Å². The zero-order valence-electron chi connectivity index (χ0n) is 11.3. The van der Waals surface area contributed by atoms with Crippen molar-refractivity contribution in [2.75, 3.05) is 18.2 Å². The van der Waals surface area contributed by atoms with Gasteiger partial charge in [0.1, 0.15) is 6.54 Å². The molecule has 1 aliphatic heterocycles. The zero-order valence-corrected chi connectivity index (χ0v) is 12.1. The predicted molar refractivity (Wildman–Crippen MR) is 79.1 cm³/mol. The number of thioether (sulfide) groups is 1. The van der Waals surface area contributed by atoms with Gasteiger partial charge in [0.15, 0.2) is 0 Å². The Kier molecular flexibility index (Phi) is 3.96. The molecule has 106 valence electrons. The standard InChI is InChI=1S/C15H18N2O2S/c18-14(9-16-11-20-10-15(16)19)17(13-6-7-13)8-12-4-2-1-3-5-12/h1-5,13H,6-11H2. The summed E-state index contributed by atoms with van der Waals surface area (Å²) in [6, 6.07) is 10.4. The molecule has 1 aliphatic carbocycles. The van der Waals surface area contributed by atoms with Crippen molar-refractivity contribution in [3.8, 4) is 0 Å². The second-order valence-electron chi connectivity index (χ2n) is 5.31. The van der Waals surface area contributed by atoms with Crippen LogP contribution >= 0.6 is 11.8 Å². The summed E-state index contributed by atoms with van der Waals surface area (Å²) >= 11 is 1.58. The Labute approximate surface area is 123 Å². The van der Waals surface area contributed by atoms with Crippen molar-refractivity contribution >= 4 is 23.6 Å². The number of hydrogen-bond acceptors (Lipinski definition) is 3. The normalized spacial score (nSPS) is 18.4. The molecule has 1 saturated heterocycles. The van der Waals surface area contributed by atoms with Crippen LogP contribution in [0.5, 0.6) is 0 Å². The lowest BCUT2D eigenvalue weighted by atomic mass is 10.2. The van der Waals surface area contributed by atoms with Gasteiger partial charge in [-0.25, -0.2) is 0 Å². The summed E-state index contributed by atoms with van der Waals surface area (Å²) in [5.41, 5.74) is 1.15. The summed E-state index contributed by atoms with van der Waals surface area (Å²) < 4.78 is 0. The minimum Gasteiger partial charge on any atom is -0.334 e. The lowest BCUT2D eigenvalue weighted by Gasteiger charge is -2.25. The molecule has 0 radical (unpaired) electrons. The van der Waals surface area contributed by atoms with E-state index >= 15 is 0 Å². The van der Waals surface area contributed by atoms with E-state index in [4.69, 9.17) is 0 Å². The Morgan fingerprint density at radius 3 is 2.65 bits per heavy atom. The van der Waals surface area contributed by atoms with Crippen LogP contribution < -0.4 is 0 Å². The Morgan fingerprint density at radius 1 is 1.30 bits per heavy atom. The quantitative estimate of drug-likeness (QED) is 0.829. The molecule has 2 fully saturated rings. The lowest BCUT2D eigenvalue weighted by molar-refractivity contribution is -0.138. The first-order valence-electron chi connectivity index (χ1n) is 6.93. The van der Waals surface area contributed by atoms with Gasteiger partial charge >= 0.3 is 0 Å². The fourth-order valence-corrected chi connectivity index (χ4v) is 3.29. The van der Waals surface area contributed by atoms with Crippen LogP contribution in [0.4, 0.5) is 0 Å². The molecule has 1 aromatic rings. The van der Waals surface area contributed by atoms with Gasteiger partial charge in [-0.3, -0.25) is 9.59 Å². The Balaban J connectivity index is 1.64. The van der Waals surface area contributed by atoms with E-state index in [2.05, 4.69) is 0 Å². The average Bonchev–Trinajstić information content (AvgIpc) is 3.22. The number of carbonyl (C=O) groups is 2. The second kappa shape index (κ2) is 5.87. The molecule has 0 aromatic heterocycles. The van der Waals surface area contributed by atoms with Crippen molar-refractivity contribution in [1.82, 2.24) is 9.80 Å². The van der Waals surface area contributed by atoms with Crippen LogP contribution in [0.15, 0.2) is 30.3 Å². The highest BCUT2D eigenvalue weighted by Gasteiger charge is 2.34. The van der Waals surface area contributed by atoms with Crippen molar-refractivity contribution in [1.29, 1.82) is 0 Å². The summed E-state index contributed by atoms with van der Waals surface area (Å²) in [5.74, 6) is 1.31. The molecule has 1 heterocycles. The first-order valence-corrected chi connectivity index (χ1v) is 8.08. The van der Waals surface area contributed by atoms with Crippen LogP contribution in [0.3, 0.4) is 0 Å². The Hall–Kier alpha value is -1.49. The molecule has 2 amide bonds. The van der Waals surface area contributed by atoms with E-state index in [0.29, 0.717) is 24.2 Å². The van der Waals surface area contributed by atoms with Gasteiger partial charge in [-0.2, -0.15) is 0 Å². The first-order chi connectivity index (χ1) is 9.74. The van der Waals surface area contributed by atoms with Crippen molar-refractivity contribution in [3.63, 3.8) is 0 Å². The monoisotopic (exact) mass is 290 g/mol. The SMILES string of the molecule is O=C1CSCN1CC(=O)N(Cc1ccccc1)C1CC1. The predicted octanol–water partition coefficient (Wildman–Crippen LogP) is 1.71. The molecule has 3 rings (SSSR count). The Morgan fingerprint density at radius 2 is 2.05 bits per heavy atom. The maximum Gasteiger partial charge on any atom is 0.242 e. The molecule has 0 N–H and O–H groups in total. The third kappa shape index (κ3) is 3.15. The molecule has 2 aliphatic rings. The summed E-state index contributed by atoms with van der Waals surface area (Å²) in [5, 5.41) is 0. The number of benzene rings is 1. The van der Waals surface area contributed by atoms with Crippen LogP contribution in [-0.4, -0.2) is 45.8 Å². The molecule has 5 heteroatoms. The van der Waals surface area contributed by atoms with Crippen molar-refractivity contribution in [2.45, 2.75) is 25.4 Å². The molecule has 1 aromatic carbocycles. The molecule has 0 spiro atoms. The third-order valence-electron chi connectivity index (χ3n) is 3.66. The molecular formula is C15H18N2O2S. The molecule has 0 bridgehead atoms. The summed E-state index contributed by atoms with van der Waals surface area (Å²) in [4.78, 5) is 27.7. The van der Waals surface area contributed by atoms with E-state index in [0.717, 1.165) is 18.4 Å². The van der Waals surface area contributed by atoms with Gasteiger partial charge in [-0.1, -0.05) is 30.3 Å². The summed E-state index contributed by atoms with van der Waals surface area (Å²) in [6.07, 6.45) is 2.17. The minimum absolute atomic E-state index is 0.0761. The molecule has 4 nitrogen and oxygen atoms in total. The van der Waals surface area contributed by atoms with Gasteiger partial charge in [-0.05, 0) is 18.4 Å².